The third-order valence-corrected chi connectivity index (χ3v) is 4.92. The Morgan fingerprint density at radius 3 is 2.54 bits per heavy atom. The van der Waals surface area contributed by atoms with E-state index in [-0.39, 0.29) is 6.10 Å². The van der Waals surface area contributed by atoms with Gasteiger partial charge in [0.1, 0.15) is 12.4 Å². The molecule has 2 rings (SSSR count). The van der Waals surface area contributed by atoms with E-state index in [0.29, 0.717) is 23.2 Å². The molecule has 142 valence electrons. The second-order valence-electron chi connectivity index (χ2n) is 6.19. The molecule has 0 heterocycles. The first-order valence-electron chi connectivity index (χ1n) is 8.64. The molecular weight excluding hydrogens is 437 g/mol. The van der Waals surface area contributed by atoms with Gasteiger partial charge in [0.05, 0.1) is 6.10 Å². The monoisotopic (exact) mass is 459 g/mol. The molecule has 0 saturated heterocycles. The van der Waals surface area contributed by atoms with Crippen LogP contribution in [0.15, 0.2) is 40.9 Å². The summed E-state index contributed by atoms with van der Waals surface area (Å²) in [5, 5.41) is 4.65. The zero-order valence-corrected chi connectivity index (χ0v) is 18.1. The Hall–Kier alpha value is -0.780. The maximum atomic E-state index is 6.22. The third-order valence-electron chi connectivity index (χ3n) is 3.72. The second-order valence-corrected chi connectivity index (χ2v) is 7.92. The number of ether oxygens (including phenoxy) is 2. The van der Waals surface area contributed by atoms with Crippen molar-refractivity contribution in [3.05, 3.63) is 62.0 Å². The zero-order chi connectivity index (χ0) is 18.9. The number of benzene rings is 2. The molecule has 0 aliphatic rings. The molecule has 6 heteroatoms. The lowest BCUT2D eigenvalue weighted by Gasteiger charge is -2.14. The minimum atomic E-state index is 0.275. The van der Waals surface area contributed by atoms with Gasteiger partial charge in [0.15, 0.2) is 0 Å². The molecule has 0 aliphatic carbocycles. The number of rotatable bonds is 10. The molecule has 2 aromatic carbocycles. The largest absolute Gasteiger partial charge is 0.488 e. The Kier molecular flexibility index (Phi) is 9.23. The van der Waals surface area contributed by atoms with Crippen molar-refractivity contribution in [3.63, 3.8) is 0 Å². The highest BCUT2D eigenvalue weighted by Gasteiger charge is 2.09. The van der Waals surface area contributed by atoms with Crippen LogP contribution < -0.4 is 10.1 Å². The van der Waals surface area contributed by atoms with Gasteiger partial charge in [-0.1, -0.05) is 45.2 Å². The van der Waals surface area contributed by atoms with Crippen molar-refractivity contribution in [3.8, 4) is 5.75 Å². The Morgan fingerprint density at radius 1 is 1.12 bits per heavy atom. The van der Waals surface area contributed by atoms with E-state index in [2.05, 4.69) is 27.3 Å². The van der Waals surface area contributed by atoms with Gasteiger partial charge in [-0.15, -0.1) is 0 Å². The van der Waals surface area contributed by atoms with E-state index in [1.807, 2.05) is 44.2 Å². The predicted molar refractivity (Wildman–Crippen MR) is 112 cm³/mol. The average Bonchev–Trinajstić information content (AvgIpc) is 2.58. The van der Waals surface area contributed by atoms with Gasteiger partial charge in [-0.25, -0.2) is 0 Å². The fourth-order valence-corrected chi connectivity index (χ4v) is 3.30. The average molecular weight is 461 g/mol. The lowest BCUT2D eigenvalue weighted by atomic mass is 10.2. The molecule has 0 radical (unpaired) electrons. The lowest BCUT2D eigenvalue weighted by molar-refractivity contribution is 0.0770. The quantitative estimate of drug-likeness (QED) is 0.425. The van der Waals surface area contributed by atoms with Crippen molar-refractivity contribution in [2.75, 3.05) is 13.2 Å². The molecule has 0 spiro atoms. The van der Waals surface area contributed by atoms with E-state index in [4.69, 9.17) is 32.7 Å². The SMILES string of the molecule is CC(C)OCCCNCc1cc(Br)ccc1OCc1c(Cl)cccc1Cl. The van der Waals surface area contributed by atoms with Crippen molar-refractivity contribution in [1.82, 2.24) is 5.32 Å². The van der Waals surface area contributed by atoms with Crippen LogP contribution in [0.5, 0.6) is 5.75 Å². The first-order chi connectivity index (χ1) is 12.5. The summed E-state index contributed by atoms with van der Waals surface area (Å²) in [6.07, 6.45) is 1.24. The van der Waals surface area contributed by atoms with Crippen molar-refractivity contribution in [1.29, 1.82) is 0 Å². The highest BCUT2D eigenvalue weighted by molar-refractivity contribution is 9.10. The summed E-state index contributed by atoms with van der Waals surface area (Å²) in [6, 6.07) is 11.4. The van der Waals surface area contributed by atoms with E-state index in [1.54, 1.807) is 0 Å². The highest BCUT2D eigenvalue weighted by Crippen LogP contribution is 2.28. The topological polar surface area (TPSA) is 30.5 Å². The zero-order valence-electron chi connectivity index (χ0n) is 15.0. The lowest BCUT2D eigenvalue weighted by Crippen LogP contribution is -2.18. The van der Waals surface area contributed by atoms with Gasteiger partial charge in [0.2, 0.25) is 0 Å². The first-order valence-corrected chi connectivity index (χ1v) is 10.2. The molecule has 0 amide bonds. The van der Waals surface area contributed by atoms with Gasteiger partial charge < -0.3 is 14.8 Å². The second kappa shape index (κ2) is 11.2. The number of nitrogens with one attached hydrogen (secondary N) is 1. The fraction of sp³-hybridized carbons (Fsp3) is 0.400. The molecule has 1 N–H and O–H groups in total. The maximum Gasteiger partial charge on any atom is 0.124 e. The molecule has 0 bridgehead atoms. The number of hydrogen-bond donors (Lipinski definition) is 1. The summed E-state index contributed by atoms with van der Waals surface area (Å²) in [7, 11) is 0. The molecule has 0 aliphatic heterocycles. The molecule has 3 nitrogen and oxygen atoms in total. The van der Waals surface area contributed by atoms with Crippen LogP contribution in [0.25, 0.3) is 0 Å². The normalized spacial score (nSPS) is 11.2. The van der Waals surface area contributed by atoms with Crippen molar-refractivity contribution >= 4 is 39.1 Å². The van der Waals surface area contributed by atoms with Crippen LogP contribution in [0.1, 0.15) is 31.4 Å². The third kappa shape index (κ3) is 7.09. The summed E-state index contributed by atoms with van der Waals surface area (Å²) < 4.78 is 12.6. The van der Waals surface area contributed by atoms with Crippen LogP contribution in [0, 0.1) is 0 Å². The molecule has 0 aromatic heterocycles. The van der Waals surface area contributed by atoms with Crippen LogP contribution in [0.3, 0.4) is 0 Å². The van der Waals surface area contributed by atoms with E-state index < -0.39 is 0 Å². The molecule has 0 fully saturated rings. The molecule has 0 saturated carbocycles. The van der Waals surface area contributed by atoms with Crippen LogP contribution in [-0.2, 0) is 17.9 Å². The smallest absolute Gasteiger partial charge is 0.124 e. The Bertz CT molecular complexity index is 690. The Morgan fingerprint density at radius 2 is 1.85 bits per heavy atom. The summed E-state index contributed by atoms with van der Waals surface area (Å²) in [4.78, 5) is 0. The Labute approximate surface area is 174 Å². The molecule has 26 heavy (non-hydrogen) atoms. The molecular formula is C20H24BrCl2NO2. The number of hydrogen-bond acceptors (Lipinski definition) is 3. The maximum absolute atomic E-state index is 6.22. The van der Waals surface area contributed by atoms with Crippen LogP contribution in [0.4, 0.5) is 0 Å². The van der Waals surface area contributed by atoms with Gasteiger partial charge in [-0.05, 0) is 57.1 Å². The molecule has 0 atom stereocenters. The van der Waals surface area contributed by atoms with Crippen molar-refractivity contribution in [2.24, 2.45) is 0 Å². The summed E-state index contributed by atoms with van der Waals surface area (Å²) in [5.74, 6) is 0.815. The van der Waals surface area contributed by atoms with E-state index in [1.165, 1.54) is 0 Å². The fourth-order valence-electron chi connectivity index (χ4n) is 2.39. The van der Waals surface area contributed by atoms with E-state index in [0.717, 1.165) is 40.9 Å². The van der Waals surface area contributed by atoms with Gasteiger partial charge in [-0.3, -0.25) is 0 Å². The molecule has 0 unspecified atom stereocenters. The van der Waals surface area contributed by atoms with Gasteiger partial charge >= 0.3 is 0 Å². The Balaban J connectivity index is 1.92. The standard InChI is InChI=1S/C20H24BrCl2NO2/c1-14(2)25-10-4-9-24-12-15-11-16(21)7-8-20(15)26-13-17-18(22)5-3-6-19(17)23/h3,5-8,11,14,24H,4,9-10,12-13H2,1-2H3. The minimum Gasteiger partial charge on any atom is -0.488 e. The number of halogens is 3. The van der Waals surface area contributed by atoms with Gasteiger partial charge in [-0.2, -0.15) is 0 Å². The van der Waals surface area contributed by atoms with Crippen molar-refractivity contribution < 1.29 is 9.47 Å². The van der Waals surface area contributed by atoms with Crippen LogP contribution in [-0.4, -0.2) is 19.3 Å². The van der Waals surface area contributed by atoms with E-state index >= 15 is 0 Å². The molecule has 2 aromatic rings. The van der Waals surface area contributed by atoms with Gasteiger partial charge in [0.25, 0.3) is 0 Å². The minimum absolute atomic E-state index is 0.275. The van der Waals surface area contributed by atoms with Crippen molar-refractivity contribution in [2.45, 2.75) is 39.5 Å². The van der Waals surface area contributed by atoms with Gasteiger partial charge in [0, 0.05) is 38.8 Å². The highest BCUT2D eigenvalue weighted by atomic mass is 79.9. The van der Waals surface area contributed by atoms with Crippen LogP contribution >= 0.6 is 39.1 Å². The first kappa shape index (κ1) is 21.5. The summed E-state index contributed by atoms with van der Waals surface area (Å²) >= 11 is 16.0. The predicted octanol–water partition coefficient (Wildman–Crippen LogP) is 6.24. The summed E-state index contributed by atoms with van der Waals surface area (Å²) in [6.45, 7) is 6.78. The van der Waals surface area contributed by atoms with Crippen LogP contribution in [0.2, 0.25) is 10.0 Å². The summed E-state index contributed by atoms with van der Waals surface area (Å²) in [5.41, 5.74) is 1.87. The van der Waals surface area contributed by atoms with E-state index in [9.17, 15) is 0 Å².